The van der Waals surface area contributed by atoms with Crippen LogP contribution in [0.1, 0.15) is 75.2 Å². The number of benzene rings is 1. The van der Waals surface area contributed by atoms with E-state index in [4.69, 9.17) is 9.84 Å². The van der Waals surface area contributed by atoms with Crippen molar-refractivity contribution in [2.24, 2.45) is 11.8 Å². The summed E-state index contributed by atoms with van der Waals surface area (Å²) in [5, 5.41) is 8.75. The first-order chi connectivity index (χ1) is 14.7. The van der Waals surface area contributed by atoms with Crippen molar-refractivity contribution in [1.29, 1.82) is 0 Å². The van der Waals surface area contributed by atoms with Gasteiger partial charge in [-0.25, -0.2) is 0 Å². The number of aromatic nitrogens is 2. The predicted octanol–water partition coefficient (Wildman–Crippen LogP) is 4.47. The second kappa shape index (κ2) is 9.63. The Balaban J connectivity index is 1.54. The Morgan fingerprint density at radius 3 is 2.60 bits per heavy atom. The van der Waals surface area contributed by atoms with Crippen LogP contribution >= 0.6 is 0 Å². The predicted molar refractivity (Wildman–Crippen MR) is 116 cm³/mol. The summed E-state index contributed by atoms with van der Waals surface area (Å²) in [6.07, 6.45) is 9.94. The number of amides is 1. The fraction of sp³-hybridized carbons (Fsp3) is 0.625. The van der Waals surface area contributed by atoms with Crippen molar-refractivity contribution in [2.75, 3.05) is 6.61 Å². The van der Waals surface area contributed by atoms with Crippen LogP contribution in [0.3, 0.4) is 0 Å². The van der Waals surface area contributed by atoms with E-state index in [0.717, 1.165) is 43.1 Å². The Labute approximate surface area is 178 Å². The lowest BCUT2D eigenvalue weighted by Crippen LogP contribution is -2.45. The highest BCUT2D eigenvalue weighted by molar-refractivity contribution is 6.05. The number of carbonyl (C=O) groups excluding carboxylic acids is 2. The zero-order valence-corrected chi connectivity index (χ0v) is 17.9. The summed E-state index contributed by atoms with van der Waals surface area (Å²) in [6.45, 7) is 3.05. The van der Waals surface area contributed by atoms with Gasteiger partial charge >= 0.3 is 5.97 Å². The van der Waals surface area contributed by atoms with Crippen LogP contribution in [0.15, 0.2) is 24.3 Å². The quantitative estimate of drug-likeness (QED) is 0.712. The van der Waals surface area contributed by atoms with E-state index in [1.165, 1.54) is 32.1 Å². The van der Waals surface area contributed by atoms with Crippen LogP contribution in [0.5, 0.6) is 0 Å². The summed E-state index contributed by atoms with van der Waals surface area (Å²) >= 11 is 0. The van der Waals surface area contributed by atoms with Gasteiger partial charge in [0.25, 0.3) is 5.91 Å². The summed E-state index contributed by atoms with van der Waals surface area (Å²) < 4.78 is 7.27. The molecule has 0 spiro atoms. The summed E-state index contributed by atoms with van der Waals surface area (Å²) in [4.78, 5) is 25.6. The van der Waals surface area contributed by atoms with Gasteiger partial charge in [-0.15, -0.1) is 0 Å². The van der Waals surface area contributed by atoms with E-state index in [1.807, 2.05) is 35.9 Å². The first-order valence-corrected chi connectivity index (χ1v) is 11.6. The molecular formula is C24H33N3O3. The standard InChI is InChI=1S/C24H33N3O3/c1-2-30-24(29)18-12-6-8-14-20(18)25-23(28)22-19-13-7-9-15-21(19)27(26-22)16-17-10-4-3-5-11-17/h7,9,13,15,17-18,20H,2-6,8,10-12,14,16H2,1H3,(H,25,28). The molecule has 4 rings (SSSR count). The Hall–Kier alpha value is -2.37. The van der Waals surface area contributed by atoms with Crippen LogP contribution < -0.4 is 5.32 Å². The lowest BCUT2D eigenvalue weighted by Gasteiger charge is -2.30. The highest BCUT2D eigenvalue weighted by Crippen LogP contribution is 2.29. The van der Waals surface area contributed by atoms with E-state index in [-0.39, 0.29) is 23.8 Å². The fourth-order valence-corrected chi connectivity index (χ4v) is 5.12. The average molecular weight is 412 g/mol. The minimum absolute atomic E-state index is 0.185. The monoisotopic (exact) mass is 411 g/mol. The maximum atomic E-state index is 13.2. The molecule has 2 aliphatic carbocycles. The van der Waals surface area contributed by atoms with Crippen molar-refractivity contribution in [3.8, 4) is 0 Å². The lowest BCUT2D eigenvalue weighted by molar-refractivity contribution is -0.150. The number of nitrogens with one attached hydrogen (secondary N) is 1. The van der Waals surface area contributed by atoms with Gasteiger partial charge in [-0.05, 0) is 44.6 Å². The topological polar surface area (TPSA) is 73.2 Å². The number of esters is 1. The number of fused-ring (bicyclic) bond motifs is 1. The molecule has 30 heavy (non-hydrogen) atoms. The van der Waals surface area contributed by atoms with Gasteiger partial charge in [-0.2, -0.15) is 5.10 Å². The molecule has 0 saturated heterocycles. The van der Waals surface area contributed by atoms with Crippen LogP contribution in [0, 0.1) is 11.8 Å². The molecule has 1 heterocycles. The minimum Gasteiger partial charge on any atom is -0.466 e. The smallest absolute Gasteiger partial charge is 0.311 e. The van der Waals surface area contributed by atoms with Gasteiger partial charge in [0.15, 0.2) is 5.69 Å². The van der Waals surface area contributed by atoms with Gasteiger partial charge in [-0.1, -0.05) is 50.3 Å². The third-order valence-corrected chi connectivity index (χ3v) is 6.70. The molecule has 2 saturated carbocycles. The average Bonchev–Trinajstić information content (AvgIpc) is 3.14. The Kier molecular flexibility index (Phi) is 6.70. The van der Waals surface area contributed by atoms with Crippen LogP contribution in [0.25, 0.3) is 10.9 Å². The number of rotatable bonds is 6. The second-order valence-corrected chi connectivity index (χ2v) is 8.77. The molecule has 1 amide bonds. The molecule has 2 aliphatic rings. The third-order valence-electron chi connectivity index (χ3n) is 6.70. The maximum absolute atomic E-state index is 13.2. The summed E-state index contributed by atoms with van der Waals surface area (Å²) in [6, 6.07) is 7.78. The molecule has 0 bridgehead atoms. The van der Waals surface area contributed by atoms with Gasteiger partial charge in [0.1, 0.15) is 0 Å². The molecule has 0 radical (unpaired) electrons. The summed E-state index contributed by atoms with van der Waals surface area (Å²) in [5.41, 5.74) is 1.48. The van der Waals surface area contributed by atoms with Crippen molar-refractivity contribution in [3.63, 3.8) is 0 Å². The minimum atomic E-state index is -0.266. The molecule has 2 atom stereocenters. The number of hydrogen-bond donors (Lipinski definition) is 1. The molecule has 162 valence electrons. The fourth-order valence-electron chi connectivity index (χ4n) is 5.12. The van der Waals surface area contributed by atoms with Gasteiger partial charge in [0.2, 0.25) is 0 Å². The first-order valence-electron chi connectivity index (χ1n) is 11.6. The Morgan fingerprint density at radius 2 is 1.80 bits per heavy atom. The zero-order chi connectivity index (χ0) is 20.9. The Morgan fingerprint density at radius 1 is 1.07 bits per heavy atom. The maximum Gasteiger partial charge on any atom is 0.311 e. The molecule has 2 fully saturated rings. The van der Waals surface area contributed by atoms with Gasteiger partial charge in [-0.3, -0.25) is 14.3 Å². The van der Waals surface area contributed by atoms with Gasteiger partial charge in [0.05, 0.1) is 18.0 Å². The molecule has 0 aliphatic heterocycles. The number of hydrogen-bond acceptors (Lipinski definition) is 4. The highest BCUT2D eigenvalue weighted by Gasteiger charge is 2.34. The van der Waals surface area contributed by atoms with E-state index in [2.05, 4.69) is 5.32 Å². The SMILES string of the molecule is CCOC(=O)C1CCCCC1NC(=O)c1nn(CC2CCCCC2)c2ccccc12. The second-order valence-electron chi connectivity index (χ2n) is 8.77. The first kappa shape index (κ1) is 20.9. The summed E-state index contributed by atoms with van der Waals surface area (Å²) in [7, 11) is 0. The van der Waals surface area contributed by atoms with Gasteiger partial charge < -0.3 is 10.1 Å². The van der Waals surface area contributed by atoms with Crippen molar-refractivity contribution in [2.45, 2.75) is 77.3 Å². The summed E-state index contributed by atoms with van der Waals surface area (Å²) in [5.74, 6) is -0.0206. The number of carbonyl (C=O) groups is 2. The molecule has 1 N–H and O–H groups in total. The van der Waals surface area contributed by atoms with Crippen LogP contribution in [-0.4, -0.2) is 34.3 Å². The number of para-hydroxylation sites is 1. The molecule has 2 unspecified atom stereocenters. The van der Waals surface area contributed by atoms with Crippen molar-refractivity contribution in [1.82, 2.24) is 15.1 Å². The van der Waals surface area contributed by atoms with Crippen molar-refractivity contribution in [3.05, 3.63) is 30.0 Å². The molecular weight excluding hydrogens is 378 g/mol. The number of ether oxygens (including phenoxy) is 1. The molecule has 6 heteroatoms. The van der Waals surface area contributed by atoms with Crippen LogP contribution in [0.2, 0.25) is 0 Å². The van der Waals surface area contributed by atoms with E-state index < -0.39 is 0 Å². The molecule has 2 aromatic rings. The third kappa shape index (κ3) is 4.52. The van der Waals surface area contributed by atoms with Gasteiger partial charge in [0, 0.05) is 18.0 Å². The van der Waals surface area contributed by atoms with E-state index in [9.17, 15) is 9.59 Å². The van der Waals surface area contributed by atoms with Crippen LogP contribution in [-0.2, 0) is 16.1 Å². The molecule has 6 nitrogen and oxygen atoms in total. The molecule has 1 aromatic heterocycles. The highest BCUT2D eigenvalue weighted by atomic mass is 16.5. The lowest BCUT2D eigenvalue weighted by atomic mass is 9.84. The largest absolute Gasteiger partial charge is 0.466 e. The number of nitrogens with zero attached hydrogens (tertiary/aromatic N) is 2. The van der Waals surface area contributed by atoms with E-state index in [0.29, 0.717) is 18.2 Å². The van der Waals surface area contributed by atoms with E-state index >= 15 is 0 Å². The van der Waals surface area contributed by atoms with Crippen molar-refractivity contribution >= 4 is 22.8 Å². The molecule has 1 aromatic carbocycles. The Bertz CT molecular complexity index is 885. The van der Waals surface area contributed by atoms with Crippen molar-refractivity contribution < 1.29 is 14.3 Å². The van der Waals surface area contributed by atoms with E-state index in [1.54, 1.807) is 0 Å². The zero-order valence-electron chi connectivity index (χ0n) is 17.9. The normalized spacial score (nSPS) is 22.7. The van der Waals surface area contributed by atoms with Crippen LogP contribution in [0.4, 0.5) is 0 Å².